The fraction of sp³-hybridized carbons (Fsp3) is 0.533. The summed E-state index contributed by atoms with van der Waals surface area (Å²) in [5.74, 6) is 1.49. The van der Waals surface area contributed by atoms with Crippen LogP contribution in [-0.4, -0.2) is 31.6 Å². The van der Waals surface area contributed by atoms with E-state index in [1.807, 2.05) is 0 Å². The summed E-state index contributed by atoms with van der Waals surface area (Å²) >= 11 is 0. The Morgan fingerprint density at radius 3 is 3.17 bits per heavy atom. The van der Waals surface area contributed by atoms with Gasteiger partial charge in [-0.2, -0.15) is 0 Å². The summed E-state index contributed by atoms with van der Waals surface area (Å²) in [6.07, 6.45) is 2.15. The summed E-state index contributed by atoms with van der Waals surface area (Å²) in [6, 6.07) is 8.98. The maximum Gasteiger partial charge on any atom is 0.188 e. The molecule has 0 amide bonds. The quantitative estimate of drug-likeness (QED) is 0.881. The molecule has 3 nitrogen and oxygen atoms in total. The van der Waals surface area contributed by atoms with Gasteiger partial charge in [-0.15, -0.1) is 0 Å². The molecular weight excluding hydrogens is 224 g/mol. The van der Waals surface area contributed by atoms with E-state index in [0.29, 0.717) is 12.0 Å². The van der Waals surface area contributed by atoms with Crippen molar-refractivity contribution < 1.29 is 4.74 Å². The lowest BCUT2D eigenvalue weighted by Gasteiger charge is -2.06. The van der Waals surface area contributed by atoms with Crippen molar-refractivity contribution in [3.63, 3.8) is 0 Å². The molecule has 1 saturated heterocycles. The Balaban J connectivity index is 1.64. The Morgan fingerprint density at radius 1 is 1.44 bits per heavy atom. The van der Waals surface area contributed by atoms with Crippen molar-refractivity contribution in [3.05, 3.63) is 35.4 Å². The molecule has 2 unspecified atom stereocenters. The molecule has 96 valence electrons. The number of hydrogen-bond donors (Lipinski definition) is 1. The van der Waals surface area contributed by atoms with Crippen LogP contribution in [0.2, 0.25) is 0 Å². The van der Waals surface area contributed by atoms with E-state index in [0.717, 1.165) is 38.4 Å². The molecule has 1 N–H and O–H groups in total. The van der Waals surface area contributed by atoms with Crippen molar-refractivity contribution in [2.24, 2.45) is 10.9 Å². The molecule has 2 atom stereocenters. The Morgan fingerprint density at radius 2 is 2.39 bits per heavy atom. The Hall–Kier alpha value is -1.35. The zero-order valence-electron chi connectivity index (χ0n) is 10.9. The number of hydrogen-bond acceptors (Lipinski definition) is 3. The molecule has 1 aromatic rings. The maximum atomic E-state index is 5.76. The molecule has 1 fully saturated rings. The SMILES string of the molecule is Cc1cccc(CC2COC(C3CCNC3)=N2)c1. The molecule has 0 bridgehead atoms. The van der Waals surface area contributed by atoms with Crippen LogP contribution in [0, 0.1) is 12.8 Å². The molecule has 3 rings (SSSR count). The summed E-state index contributed by atoms with van der Waals surface area (Å²) in [6.45, 7) is 5.00. The van der Waals surface area contributed by atoms with Gasteiger partial charge in [0.15, 0.2) is 5.90 Å². The van der Waals surface area contributed by atoms with E-state index >= 15 is 0 Å². The van der Waals surface area contributed by atoms with Gasteiger partial charge in [0, 0.05) is 12.5 Å². The lowest BCUT2D eigenvalue weighted by atomic mass is 10.0. The number of ether oxygens (including phenoxy) is 1. The largest absolute Gasteiger partial charge is 0.478 e. The van der Waals surface area contributed by atoms with Crippen molar-refractivity contribution in [1.29, 1.82) is 0 Å². The normalized spacial score (nSPS) is 27.1. The smallest absolute Gasteiger partial charge is 0.188 e. The minimum absolute atomic E-state index is 0.308. The molecule has 18 heavy (non-hydrogen) atoms. The molecule has 1 aromatic carbocycles. The Labute approximate surface area is 108 Å². The second kappa shape index (κ2) is 5.11. The van der Waals surface area contributed by atoms with Crippen LogP contribution in [0.3, 0.4) is 0 Å². The van der Waals surface area contributed by atoms with Crippen LogP contribution in [0.1, 0.15) is 17.5 Å². The minimum Gasteiger partial charge on any atom is -0.478 e. The first-order valence-corrected chi connectivity index (χ1v) is 6.78. The van der Waals surface area contributed by atoms with E-state index in [-0.39, 0.29) is 0 Å². The van der Waals surface area contributed by atoms with Crippen LogP contribution in [0.15, 0.2) is 29.3 Å². The molecule has 0 aliphatic carbocycles. The second-order valence-corrected chi connectivity index (χ2v) is 5.32. The van der Waals surface area contributed by atoms with Crippen molar-refractivity contribution in [2.75, 3.05) is 19.7 Å². The van der Waals surface area contributed by atoms with Crippen molar-refractivity contribution in [3.8, 4) is 0 Å². The minimum atomic E-state index is 0.308. The summed E-state index contributed by atoms with van der Waals surface area (Å²) < 4.78 is 5.76. The molecule has 3 heteroatoms. The molecule has 0 radical (unpaired) electrons. The van der Waals surface area contributed by atoms with Gasteiger partial charge in [-0.05, 0) is 31.9 Å². The van der Waals surface area contributed by atoms with E-state index in [2.05, 4.69) is 36.5 Å². The van der Waals surface area contributed by atoms with Crippen LogP contribution in [0.25, 0.3) is 0 Å². The molecule has 2 heterocycles. The lowest BCUT2D eigenvalue weighted by Crippen LogP contribution is -2.17. The van der Waals surface area contributed by atoms with E-state index in [4.69, 9.17) is 9.73 Å². The van der Waals surface area contributed by atoms with Gasteiger partial charge >= 0.3 is 0 Å². The van der Waals surface area contributed by atoms with Gasteiger partial charge in [-0.3, -0.25) is 0 Å². The third-order valence-corrected chi connectivity index (χ3v) is 3.70. The first-order chi connectivity index (χ1) is 8.81. The van der Waals surface area contributed by atoms with Crippen LogP contribution < -0.4 is 5.32 Å². The predicted molar refractivity (Wildman–Crippen MR) is 73.0 cm³/mol. The van der Waals surface area contributed by atoms with Gasteiger partial charge in [0.25, 0.3) is 0 Å². The third-order valence-electron chi connectivity index (χ3n) is 3.70. The van der Waals surface area contributed by atoms with Gasteiger partial charge in [-0.1, -0.05) is 29.8 Å². The second-order valence-electron chi connectivity index (χ2n) is 5.32. The van der Waals surface area contributed by atoms with Crippen molar-refractivity contribution in [2.45, 2.75) is 25.8 Å². The maximum absolute atomic E-state index is 5.76. The highest BCUT2D eigenvalue weighted by molar-refractivity contribution is 5.80. The highest BCUT2D eigenvalue weighted by Gasteiger charge is 2.28. The number of aliphatic imine (C=N–C) groups is 1. The summed E-state index contributed by atoms with van der Waals surface area (Å²) in [7, 11) is 0. The Kier molecular flexibility index (Phi) is 3.33. The number of rotatable bonds is 3. The highest BCUT2D eigenvalue weighted by atomic mass is 16.5. The van der Waals surface area contributed by atoms with Crippen molar-refractivity contribution >= 4 is 5.90 Å². The van der Waals surface area contributed by atoms with Crippen molar-refractivity contribution in [1.82, 2.24) is 5.32 Å². The zero-order valence-corrected chi connectivity index (χ0v) is 10.9. The van der Waals surface area contributed by atoms with Gasteiger partial charge in [0.1, 0.15) is 6.61 Å². The first kappa shape index (κ1) is 11.7. The number of nitrogens with one attached hydrogen (secondary N) is 1. The van der Waals surface area contributed by atoms with Crippen LogP contribution in [0.5, 0.6) is 0 Å². The van der Waals surface area contributed by atoms with Gasteiger partial charge in [-0.25, -0.2) is 4.99 Å². The van der Waals surface area contributed by atoms with Gasteiger partial charge in [0.2, 0.25) is 0 Å². The predicted octanol–water partition coefficient (Wildman–Crippen LogP) is 1.94. The van der Waals surface area contributed by atoms with E-state index in [1.54, 1.807) is 0 Å². The average Bonchev–Trinajstić information content (AvgIpc) is 2.98. The van der Waals surface area contributed by atoms with Crippen LogP contribution >= 0.6 is 0 Å². The summed E-state index contributed by atoms with van der Waals surface area (Å²) in [5.41, 5.74) is 2.67. The topological polar surface area (TPSA) is 33.6 Å². The molecule has 0 aromatic heterocycles. The fourth-order valence-electron chi connectivity index (χ4n) is 2.74. The van der Waals surface area contributed by atoms with Gasteiger partial charge < -0.3 is 10.1 Å². The lowest BCUT2D eigenvalue weighted by molar-refractivity contribution is 0.299. The number of benzene rings is 1. The zero-order chi connectivity index (χ0) is 12.4. The summed E-state index contributed by atoms with van der Waals surface area (Å²) in [4.78, 5) is 4.75. The fourth-order valence-corrected chi connectivity index (χ4v) is 2.74. The third kappa shape index (κ3) is 2.56. The summed E-state index contributed by atoms with van der Waals surface area (Å²) in [5, 5.41) is 3.36. The number of aryl methyl sites for hydroxylation is 1. The monoisotopic (exact) mass is 244 g/mol. The Bertz CT molecular complexity index is 450. The molecule has 2 aliphatic heterocycles. The van der Waals surface area contributed by atoms with Crippen LogP contribution in [-0.2, 0) is 11.2 Å². The standard InChI is InChI=1S/C15H20N2O/c1-11-3-2-4-12(7-11)8-14-10-18-15(17-14)13-5-6-16-9-13/h2-4,7,13-14,16H,5-6,8-10H2,1H3. The van der Waals surface area contributed by atoms with E-state index in [1.165, 1.54) is 11.1 Å². The van der Waals surface area contributed by atoms with E-state index in [9.17, 15) is 0 Å². The number of nitrogens with zero attached hydrogens (tertiary/aromatic N) is 1. The molecule has 2 aliphatic rings. The van der Waals surface area contributed by atoms with E-state index < -0.39 is 0 Å². The highest BCUT2D eigenvalue weighted by Crippen LogP contribution is 2.19. The van der Waals surface area contributed by atoms with Crippen LogP contribution in [0.4, 0.5) is 0 Å². The average molecular weight is 244 g/mol. The molecule has 0 saturated carbocycles. The molecular formula is C15H20N2O. The molecule has 0 spiro atoms. The van der Waals surface area contributed by atoms with Gasteiger partial charge in [0.05, 0.1) is 6.04 Å². The first-order valence-electron chi connectivity index (χ1n) is 6.78.